The predicted molar refractivity (Wildman–Crippen MR) is 433 cm³/mol. The van der Waals surface area contributed by atoms with Crippen molar-refractivity contribution in [1.82, 2.24) is 45.5 Å². The molecule has 5 unspecified atom stereocenters. The summed E-state index contributed by atoms with van der Waals surface area (Å²) in [4.78, 5) is 146. The number of anilines is 3. The van der Waals surface area contributed by atoms with E-state index in [0.717, 1.165) is 70.5 Å². The van der Waals surface area contributed by atoms with Gasteiger partial charge < -0.3 is 85.6 Å². The second kappa shape index (κ2) is 38.9. The molecule has 6 aromatic rings. The second-order valence-electron chi connectivity index (χ2n) is 32.3. The molecule has 3 aromatic heterocycles. The Balaban J connectivity index is 0.720. The van der Waals surface area contributed by atoms with Gasteiger partial charge in [0.05, 0.1) is 72.7 Å². The lowest BCUT2D eigenvalue weighted by Crippen LogP contribution is -2.59. The number of carbonyl (C=O) groups is 10. The van der Waals surface area contributed by atoms with Crippen LogP contribution in [0.5, 0.6) is 0 Å². The number of carboxylic acids is 3. The van der Waals surface area contributed by atoms with Gasteiger partial charge in [0.1, 0.15) is 48.9 Å². The van der Waals surface area contributed by atoms with Crippen molar-refractivity contribution in [2.45, 2.75) is 211 Å². The number of likely N-dealkylation sites (N-methyl/N-ethyl adjacent to an activating group) is 1. The molecule has 2 aliphatic carbocycles. The first kappa shape index (κ1) is 89.7. The lowest BCUT2D eigenvalue weighted by atomic mass is 9.51. The van der Waals surface area contributed by atoms with E-state index in [-0.39, 0.29) is 68.3 Å². The normalized spacial score (nSPS) is 23.4. The molecule has 13 atom stereocenters. The van der Waals surface area contributed by atoms with Crippen LogP contribution >= 0.6 is 11.3 Å². The number of para-hydroxylation sites is 1. The molecule has 12 N–H and O–H groups in total. The number of carbonyl (C=O) groups excluding carboxylic acids is 7. The summed E-state index contributed by atoms with van der Waals surface area (Å²) < 4.78 is 58.7. The van der Waals surface area contributed by atoms with E-state index in [1.807, 2.05) is 59.0 Å². The van der Waals surface area contributed by atoms with Crippen molar-refractivity contribution in [1.29, 1.82) is 0 Å². The van der Waals surface area contributed by atoms with Crippen LogP contribution in [0.2, 0.25) is 0 Å². The third-order valence-electron chi connectivity index (χ3n) is 23.6. The summed E-state index contributed by atoms with van der Waals surface area (Å²) in [5.41, 5.74) is 5.19. The number of benzene rings is 3. The number of rotatable bonds is 37. The van der Waals surface area contributed by atoms with Crippen LogP contribution in [0.25, 0.3) is 21.3 Å². The van der Waals surface area contributed by atoms with Gasteiger partial charge >= 0.3 is 24.0 Å². The Bertz CT molecular complexity index is 4840. The van der Waals surface area contributed by atoms with Gasteiger partial charge in [-0.1, -0.05) is 88.6 Å². The number of likely N-dealkylation sites (tertiary alicyclic amines) is 1. The van der Waals surface area contributed by atoms with Crippen LogP contribution in [0.4, 0.5) is 21.4 Å². The maximum Gasteiger partial charge on any atom is 0.409 e. The Morgan fingerprint density at radius 3 is 2.35 bits per heavy atom. The number of ether oxygens (including phenoxy) is 4. The number of nitrogens with one attached hydrogen (secondary N) is 5. The molecule has 2 saturated heterocycles. The summed E-state index contributed by atoms with van der Waals surface area (Å²) in [6.07, 6.45) is -1.34. The van der Waals surface area contributed by atoms with Crippen LogP contribution in [0.3, 0.4) is 0 Å². The average molecular weight is 1690 g/mol. The molecule has 0 radical (unpaired) electrons. The van der Waals surface area contributed by atoms with Gasteiger partial charge in [0, 0.05) is 67.7 Å². The van der Waals surface area contributed by atoms with Crippen molar-refractivity contribution in [3.8, 4) is 11.1 Å². The van der Waals surface area contributed by atoms with Crippen LogP contribution in [0.15, 0.2) is 79.0 Å². The zero-order chi connectivity index (χ0) is 85.9. The minimum Gasteiger partial charge on any atom is -0.481 e. The molecule has 2 bridgehead atoms. The van der Waals surface area contributed by atoms with Crippen LogP contribution in [0.1, 0.15) is 160 Å². The van der Waals surface area contributed by atoms with E-state index < -0.39 is 162 Å². The van der Waals surface area contributed by atoms with Crippen molar-refractivity contribution >= 4 is 108 Å². The van der Waals surface area contributed by atoms with E-state index in [0.29, 0.717) is 89.5 Å². The molecule has 3 aliphatic heterocycles. The van der Waals surface area contributed by atoms with Gasteiger partial charge in [0.2, 0.25) is 29.5 Å². The number of aliphatic hydroxyl groups is 3. The minimum atomic E-state index is -4.42. The molecular weight excluding hydrogens is 1590 g/mol. The molecule has 35 nitrogen and oxygen atoms in total. The van der Waals surface area contributed by atoms with Crippen LogP contribution < -0.4 is 31.5 Å². The number of aromatic nitrogens is 4. The molecule has 2 saturated carbocycles. The van der Waals surface area contributed by atoms with Crippen LogP contribution in [0, 0.1) is 30.1 Å². The molecule has 644 valence electrons. The van der Waals surface area contributed by atoms with Crippen molar-refractivity contribution in [2.75, 3.05) is 67.8 Å². The summed E-state index contributed by atoms with van der Waals surface area (Å²) in [7, 11) is -2.84. The molecule has 6 heterocycles. The van der Waals surface area contributed by atoms with Gasteiger partial charge in [0.15, 0.2) is 16.9 Å². The first-order valence-electron chi connectivity index (χ1n) is 40.1. The fourth-order valence-corrected chi connectivity index (χ4v) is 18.7. The molecule has 5 aliphatic rings. The summed E-state index contributed by atoms with van der Waals surface area (Å²) in [6.45, 7) is 10.9. The van der Waals surface area contributed by atoms with E-state index in [9.17, 15) is 86.4 Å². The number of hydrogen-bond donors (Lipinski definition) is 12. The number of hydrogen-bond acceptors (Lipinski definition) is 24. The Hall–Kier alpha value is -10.1. The summed E-state index contributed by atoms with van der Waals surface area (Å²) >= 11 is 1.39. The molecular formula is C82H106N12O23S2. The summed E-state index contributed by atoms with van der Waals surface area (Å²) in [5.74, 6) is -8.28. The number of pyridine rings is 1. The number of aliphatic hydroxyl groups excluding tert-OH is 3. The lowest BCUT2D eigenvalue weighted by molar-refractivity contribution is -0.228. The lowest BCUT2D eigenvalue weighted by Gasteiger charge is -2.57. The fourth-order valence-electron chi connectivity index (χ4n) is 17.5. The number of amides is 7. The highest BCUT2D eigenvalue weighted by molar-refractivity contribution is 7.85. The first-order chi connectivity index (χ1) is 56.5. The number of fused-ring (bicyclic) bond motifs is 4. The largest absolute Gasteiger partial charge is 0.481 e. The van der Waals surface area contributed by atoms with E-state index in [4.69, 9.17) is 34.1 Å². The average Bonchev–Trinajstić information content (AvgIpc) is 1.35. The van der Waals surface area contributed by atoms with Gasteiger partial charge in [-0.15, -0.1) is 0 Å². The maximum absolute atomic E-state index is 14.1. The summed E-state index contributed by atoms with van der Waals surface area (Å²) in [5, 5.41) is 80.4. The number of nitrogens with zero attached hydrogens (tertiary/aromatic N) is 7. The highest BCUT2D eigenvalue weighted by Gasteiger charge is 2.54. The topological polar surface area (TPSA) is 497 Å². The standard InChI is InChI=1S/C82H106N12O23S2/c1-8-58-50-15-12-28-81(58,6)44-82(38-50,29-13-30-94-47(5)56(39-83-94)54-22-24-63(88-68(54)77(106)107)92-31-27-48-14-11-16-55(57(48)40-92)74(103)90-79-87-59-17-9-10-18-62(59)118-79)116-33-32-91(7)80(110)115-42-51-19-21-52(36-49(51)20-23-61-69(99)70(100)71(101)72(117-61)78(108)109)85-73(102)46(4)84-75(104)67(45(2)3)89-65(96)41-93-53(43-114-34-35-119(111,112)113)37-60(76(93)105)86-64(95)25-26-66(97)98/h9-11,14,16-19,21-22,24,36,39,45-46,50,53,58,60-61,67,69-72,99-101H,8,12-13,15,20,23,25-35,37-38,40-44H2,1-7H3,(H,84,104)(H,85,102)(H,86,95)(H,89,96)(H,97,98)(H,106,107)(H,108,109)(H,87,90,103)(H,111,112,113)/t46-,50?,53-,58?,60-,61?,67-,69-,70+,71-,72-,81?,82?/m0/s1. The second-order valence-corrected chi connectivity index (χ2v) is 34.9. The number of thiazole rings is 1. The van der Waals surface area contributed by atoms with Gasteiger partial charge in [-0.3, -0.25) is 48.1 Å². The van der Waals surface area contributed by atoms with E-state index in [2.05, 4.69) is 45.4 Å². The third-order valence-corrected chi connectivity index (χ3v) is 25.2. The molecule has 4 fully saturated rings. The zero-order valence-electron chi connectivity index (χ0n) is 67.5. The molecule has 11 rings (SSSR count). The van der Waals surface area contributed by atoms with Gasteiger partial charge in [-0.25, -0.2) is 24.4 Å². The number of aliphatic carboxylic acids is 2. The van der Waals surface area contributed by atoms with Gasteiger partial charge in [-0.05, 0) is 160 Å². The highest BCUT2D eigenvalue weighted by atomic mass is 32.2. The molecule has 119 heavy (non-hydrogen) atoms. The number of aryl methyl sites for hydroxylation is 2. The van der Waals surface area contributed by atoms with Gasteiger partial charge in [-0.2, -0.15) is 13.5 Å². The van der Waals surface area contributed by atoms with Crippen molar-refractivity contribution < 1.29 is 111 Å². The quantitative estimate of drug-likeness (QED) is 0.0154. The Kier molecular flexibility index (Phi) is 29.3. The summed E-state index contributed by atoms with van der Waals surface area (Å²) in [6, 6.07) is 16.7. The highest BCUT2D eigenvalue weighted by Crippen LogP contribution is 2.59. The van der Waals surface area contributed by atoms with Crippen molar-refractivity contribution in [3.63, 3.8) is 0 Å². The first-order valence-corrected chi connectivity index (χ1v) is 42.6. The van der Waals surface area contributed by atoms with Crippen LogP contribution in [-0.2, 0) is 95.2 Å². The van der Waals surface area contributed by atoms with Crippen molar-refractivity contribution in [3.05, 3.63) is 118 Å². The Morgan fingerprint density at radius 1 is 0.866 bits per heavy atom. The smallest absolute Gasteiger partial charge is 0.409 e. The third kappa shape index (κ3) is 22.1. The molecule has 37 heteroatoms. The minimum absolute atomic E-state index is 0.00502. The Labute approximate surface area is 692 Å². The molecule has 0 spiro atoms. The van der Waals surface area contributed by atoms with E-state index in [1.165, 1.54) is 35.3 Å². The monoisotopic (exact) mass is 1690 g/mol. The Morgan fingerprint density at radius 2 is 1.64 bits per heavy atom. The molecule has 3 aromatic carbocycles. The predicted octanol–water partition coefficient (Wildman–Crippen LogP) is 6.11. The van der Waals surface area contributed by atoms with Crippen LogP contribution in [-0.4, -0.2) is 245 Å². The van der Waals surface area contributed by atoms with Crippen molar-refractivity contribution in [2.24, 2.45) is 23.2 Å². The van der Waals surface area contributed by atoms with E-state index in [1.54, 1.807) is 45.3 Å². The number of aromatic carboxylic acids is 1. The number of carboxylic acid groups (broad SMARTS) is 3. The zero-order valence-corrected chi connectivity index (χ0v) is 69.1. The SMILES string of the molecule is CCC1C2CCCC1(C)CC(CCCn1ncc(-c3ccc(N4CCc5cccc(C(=O)Nc6nc7ccccc7s6)c5C4)nc3C(=O)O)c1C)(OCCN(C)C(=O)OCc1ccc(NC(=O)[C@H](C)NC(=O)[C@@H](NC(=O)CN3C(=O)[C@@H](NC(=O)CCC(=O)O)C[C@H]3COCCS(=O)(=O)O)C(C)C)cc1CCC1O[C@H](C(=O)O)[C@@H](O)[C@H](O)[C@H]1O)C2. The van der Waals surface area contributed by atoms with Gasteiger partial charge in [0.25, 0.3) is 16.0 Å². The molecule has 7 amide bonds. The maximum atomic E-state index is 14.1. The van der Waals surface area contributed by atoms with E-state index >= 15 is 0 Å². The fraction of sp³-hybridized carbons (Fsp3) is 0.549.